The molecular formula is C17H17NO3. The number of aromatic hydroxyl groups is 1. The summed E-state index contributed by atoms with van der Waals surface area (Å²) in [6, 6.07) is 12.6. The lowest BCUT2D eigenvalue weighted by Gasteiger charge is -2.26. The van der Waals surface area contributed by atoms with E-state index in [1.165, 1.54) is 0 Å². The van der Waals surface area contributed by atoms with E-state index in [2.05, 4.69) is 5.32 Å². The van der Waals surface area contributed by atoms with Crippen molar-refractivity contribution < 1.29 is 14.6 Å². The lowest BCUT2D eigenvalue weighted by molar-refractivity contribution is 0.0923. The summed E-state index contributed by atoms with van der Waals surface area (Å²) in [5.74, 6) is 0.779. The van der Waals surface area contributed by atoms with Crippen LogP contribution in [0.25, 0.3) is 0 Å². The zero-order valence-electron chi connectivity index (χ0n) is 11.8. The third-order valence-electron chi connectivity index (χ3n) is 3.81. The lowest BCUT2D eigenvalue weighted by atomic mass is 9.99. The Bertz CT molecular complexity index is 681. The first kappa shape index (κ1) is 13.5. The molecule has 2 aromatic carbocycles. The molecular weight excluding hydrogens is 266 g/mol. The van der Waals surface area contributed by atoms with E-state index in [9.17, 15) is 9.90 Å². The molecule has 3 rings (SSSR count). The number of amides is 1. The highest BCUT2D eigenvalue weighted by molar-refractivity contribution is 5.96. The van der Waals surface area contributed by atoms with Crippen molar-refractivity contribution in [1.29, 1.82) is 0 Å². The Morgan fingerprint density at radius 1 is 1.24 bits per heavy atom. The number of phenols is 1. The van der Waals surface area contributed by atoms with Crippen molar-refractivity contribution in [3.05, 3.63) is 59.2 Å². The molecule has 0 saturated carbocycles. The van der Waals surface area contributed by atoms with E-state index in [0.29, 0.717) is 17.7 Å². The maximum Gasteiger partial charge on any atom is 0.252 e. The third-order valence-corrected chi connectivity index (χ3v) is 3.81. The number of fused-ring (bicyclic) bond motifs is 1. The number of benzene rings is 2. The highest BCUT2D eigenvalue weighted by atomic mass is 16.5. The van der Waals surface area contributed by atoms with E-state index >= 15 is 0 Å². The lowest BCUT2D eigenvalue weighted by Crippen LogP contribution is -2.32. The second-order valence-electron chi connectivity index (χ2n) is 5.15. The normalized spacial score (nSPS) is 16.7. The summed E-state index contributed by atoms with van der Waals surface area (Å²) in [6.07, 6.45) is 0.737. The van der Waals surface area contributed by atoms with Gasteiger partial charge >= 0.3 is 0 Å². The van der Waals surface area contributed by atoms with Crippen molar-refractivity contribution in [1.82, 2.24) is 5.32 Å². The average molecular weight is 283 g/mol. The Morgan fingerprint density at radius 2 is 2.05 bits per heavy atom. The average Bonchev–Trinajstić information content (AvgIpc) is 2.50. The van der Waals surface area contributed by atoms with Gasteiger partial charge in [-0.3, -0.25) is 4.79 Å². The summed E-state index contributed by atoms with van der Waals surface area (Å²) in [7, 11) is 0. The van der Waals surface area contributed by atoms with Gasteiger partial charge < -0.3 is 15.2 Å². The van der Waals surface area contributed by atoms with Gasteiger partial charge in [-0.15, -0.1) is 0 Å². The minimum atomic E-state index is -0.176. The van der Waals surface area contributed by atoms with Crippen LogP contribution < -0.4 is 10.1 Å². The monoisotopic (exact) mass is 283 g/mol. The molecule has 1 atom stereocenters. The van der Waals surface area contributed by atoms with E-state index in [4.69, 9.17) is 4.74 Å². The molecule has 1 amide bonds. The zero-order chi connectivity index (χ0) is 14.8. The number of ether oxygens (including phenoxy) is 1. The molecule has 0 fully saturated rings. The first-order chi connectivity index (χ1) is 10.2. The molecule has 21 heavy (non-hydrogen) atoms. The van der Waals surface area contributed by atoms with Gasteiger partial charge in [-0.05, 0) is 25.1 Å². The molecule has 2 N–H and O–H groups in total. The van der Waals surface area contributed by atoms with Crippen LogP contribution in [-0.2, 0) is 0 Å². The van der Waals surface area contributed by atoms with Crippen molar-refractivity contribution in [2.75, 3.05) is 6.61 Å². The summed E-state index contributed by atoms with van der Waals surface area (Å²) in [4.78, 5) is 12.4. The first-order valence-electron chi connectivity index (χ1n) is 6.98. The molecule has 0 aliphatic carbocycles. The van der Waals surface area contributed by atoms with Crippen molar-refractivity contribution in [2.24, 2.45) is 0 Å². The summed E-state index contributed by atoms with van der Waals surface area (Å²) in [5, 5.41) is 12.7. The van der Waals surface area contributed by atoms with Crippen LogP contribution in [0.2, 0.25) is 0 Å². The van der Waals surface area contributed by atoms with Crippen molar-refractivity contribution in [2.45, 2.75) is 19.4 Å². The quantitative estimate of drug-likeness (QED) is 0.891. The number of phenolic OH excluding ortho intramolecular Hbond substituents is 1. The Morgan fingerprint density at radius 3 is 2.90 bits per heavy atom. The molecule has 1 aliphatic rings. The van der Waals surface area contributed by atoms with Crippen LogP contribution in [0.4, 0.5) is 0 Å². The smallest absolute Gasteiger partial charge is 0.252 e. The molecule has 2 aromatic rings. The van der Waals surface area contributed by atoms with Gasteiger partial charge in [-0.1, -0.05) is 24.3 Å². The summed E-state index contributed by atoms with van der Waals surface area (Å²) < 4.78 is 5.59. The fraction of sp³-hybridized carbons (Fsp3) is 0.235. The second kappa shape index (κ2) is 5.48. The topological polar surface area (TPSA) is 58.6 Å². The highest BCUT2D eigenvalue weighted by Gasteiger charge is 2.23. The molecule has 0 aromatic heterocycles. The Labute approximate surface area is 123 Å². The van der Waals surface area contributed by atoms with Gasteiger partial charge in [0, 0.05) is 23.1 Å². The van der Waals surface area contributed by atoms with Gasteiger partial charge in [0.2, 0.25) is 0 Å². The summed E-state index contributed by atoms with van der Waals surface area (Å²) in [6.45, 7) is 2.32. The molecule has 0 bridgehead atoms. The van der Waals surface area contributed by atoms with Crippen LogP contribution in [0.3, 0.4) is 0 Å². The van der Waals surface area contributed by atoms with E-state index < -0.39 is 0 Å². The maximum absolute atomic E-state index is 12.4. The Balaban J connectivity index is 1.85. The standard InChI is InChI=1S/C17H17NO3/c1-11-12(6-4-7-15(11)19)17(20)18-14-9-10-21-16-8-3-2-5-13(14)16/h2-8,14,19H,9-10H2,1H3,(H,18,20). The van der Waals surface area contributed by atoms with Gasteiger partial charge in [0.1, 0.15) is 11.5 Å². The van der Waals surface area contributed by atoms with Gasteiger partial charge in [-0.2, -0.15) is 0 Å². The van der Waals surface area contributed by atoms with Crippen LogP contribution in [0.15, 0.2) is 42.5 Å². The first-order valence-corrected chi connectivity index (χ1v) is 6.98. The minimum absolute atomic E-state index is 0.0656. The fourth-order valence-corrected chi connectivity index (χ4v) is 2.60. The SMILES string of the molecule is Cc1c(O)cccc1C(=O)NC1CCOc2ccccc21. The fourth-order valence-electron chi connectivity index (χ4n) is 2.60. The minimum Gasteiger partial charge on any atom is -0.508 e. The number of rotatable bonds is 2. The number of carbonyl (C=O) groups is 1. The summed E-state index contributed by atoms with van der Waals surface area (Å²) >= 11 is 0. The molecule has 0 radical (unpaired) electrons. The molecule has 1 aliphatic heterocycles. The van der Waals surface area contributed by atoms with Crippen LogP contribution in [0.5, 0.6) is 11.5 Å². The molecule has 4 nitrogen and oxygen atoms in total. The Hall–Kier alpha value is -2.49. The zero-order valence-corrected chi connectivity index (χ0v) is 11.8. The Kier molecular flexibility index (Phi) is 3.52. The van der Waals surface area contributed by atoms with Crippen LogP contribution in [-0.4, -0.2) is 17.6 Å². The number of para-hydroxylation sites is 1. The van der Waals surface area contributed by atoms with E-state index in [1.807, 2.05) is 24.3 Å². The molecule has 108 valence electrons. The molecule has 0 spiro atoms. The number of nitrogens with one attached hydrogen (secondary N) is 1. The molecule has 1 unspecified atom stereocenters. The second-order valence-corrected chi connectivity index (χ2v) is 5.15. The number of carbonyl (C=O) groups excluding carboxylic acids is 1. The molecule has 1 heterocycles. The van der Waals surface area contributed by atoms with Crippen molar-refractivity contribution in [3.63, 3.8) is 0 Å². The number of hydrogen-bond donors (Lipinski definition) is 2. The van der Waals surface area contributed by atoms with Gasteiger partial charge in [0.15, 0.2) is 0 Å². The van der Waals surface area contributed by atoms with Crippen LogP contribution in [0, 0.1) is 6.92 Å². The van der Waals surface area contributed by atoms with Crippen molar-refractivity contribution >= 4 is 5.91 Å². The largest absolute Gasteiger partial charge is 0.508 e. The van der Waals surface area contributed by atoms with Crippen molar-refractivity contribution in [3.8, 4) is 11.5 Å². The van der Waals surface area contributed by atoms with E-state index in [1.54, 1.807) is 25.1 Å². The van der Waals surface area contributed by atoms with E-state index in [-0.39, 0.29) is 17.7 Å². The maximum atomic E-state index is 12.4. The molecule has 4 heteroatoms. The predicted molar refractivity (Wildman–Crippen MR) is 79.6 cm³/mol. The van der Waals surface area contributed by atoms with Gasteiger partial charge in [0.05, 0.1) is 12.6 Å². The molecule has 0 saturated heterocycles. The van der Waals surface area contributed by atoms with Gasteiger partial charge in [0.25, 0.3) is 5.91 Å². The van der Waals surface area contributed by atoms with Crippen LogP contribution >= 0.6 is 0 Å². The van der Waals surface area contributed by atoms with Gasteiger partial charge in [-0.25, -0.2) is 0 Å². The highest BCUT2D eigenvalue weighted by Crippen LogP contribution is 2.32. The third kappa shape index (κ3) is 2.57. The van der Waals surface area contributed by atoms with Crippen LogP contribution in [0.1, 0.15) is 33.9 Å². The van der Waals surface area contributed by atoms with E-state index in [0.717, 1.165) is 17.7 Å². The summed E-state index contributed by atoms with van der Waals surface area (Å²) in [5.41, 5.74) is 2.09. The number of hydrogen-bond acceptors (Lipinski definition) is 3. The predicted octanol–water partition coefficient (Wildman–Crippen LogP) is 2.95.